The highest BCUT2D eigenvalue weighted by molar-refractivity contribution is 9.10. The zero-order valence-electron chi connectivity index (χ0n) is 18.0. The maximum absolute atomic E-state index is 12.6. The summed E-state index contributed by atoms with van der Waals surface area (Å²) in [7, 11) is 0. The molecule has 1 saturated heterocycles. The number of anilines is 1. The number of pyridine rings is 1. The molecule has 4 rings (SSSR count). The third-order valence-electron chi connectivity index (χ3n) is 5.26. The van der Waals surface area contributed by atoms with Crippen LogP contribution in [0.1, 0.15) is 24.6 Å². The Morgan fingerprint density at radius 3 is 2.72 bits per heavy atom. The molecule has 0 aliphatic carbocycles. The van der Waals surface area contributed by atoms with Crippen LogP contribution in [0.2, 0.25) is 0 Å². The number of urea groups is 1. The summed E-state index contributed by atoms with van der Waals surface area (Å²) in [5.41, 5.74) is 3.98. The van der Waals surface area contributed by atoms with Gasteiger partial charge in [-0.2, -0.15) is 0 Å². The van der Waals surface area contributed by atoms with Gasteiger partial charge in [0.15, 0.2) is 0 Å². The first-order chi connectivity index (χ1) is 15.5. The Bertz CT molecular complexity index is 1120. The fraction of sp³-hybridized carbons (Fsp3) is 0.250. The average molecular weight is 494 g/mol. The van der Waals surface area contributed by atoms with Crippen molar-refractivity contribution in [3.63, 3.8) is 0 Å². The number of piperidine rings is 1. The summed E-state index contributed by atoms with van der Waals surface area (Å²) >= 11 is 3.32. The van der Waals surface area contributed by atoms with Crippen molar-refractivity contribution in [3.05, 3.63) is 76.3 Å². The summed E-state index contributed by atoms with van der Waals surface area (Å²) in [5, 5.41) is 2.93. The molecule has 1 aliphatic rings. The maximum Gasteiger partial charge on any atom is 0.321 e. The quantitative estimate of drug-likeness (QED) is 0.504. The molecule has 8 heteroatoms. The molecule has 3 heterocycles. The van der Waals surface area contributed by atoms with E-state index >= 15 is 0 Å². The number of rotatable bonds is 4. The van der Waals surface area contributed by atoms with Crippen molar-refractivity contribution < 1.29 is 9.53 Å². The predicted octanol–water partition coefficient (Wildman–Crippen LogP) is 5.69. The minimum absolute atomic E-state index is 0.0913. The number of halogens is 1. The second kappa shape index (κ2) is 9.91. The molecular formula is C24H24BrN5O2. The molecule has 1 N–H and O–H groups in total. The van der Waals surface area contributed by atoms with Crippen LogP contribution < -0.4 is 10.1 Å². The molecule has 0 bridgehead atoms. The van der Waals surface area contributed by atoms with E-state index in [1.54, 1.807) is 18.6 Å². The molecule has 1 unspecified atom stereocenters. The van der Waals surface area contributed by atoms with Crippen LogP contribution in [0.15, 0.2) is 65.0 Å². The van der Waals surface area contributed by atoms with Crippen molar-refractivity contribution in [2.24, 2.45) is 5.92 Å². The zero-order chi connectivity index (χ0) is 22.5. The molecule has 1 aliphatic heterocycles. The number of likely N-dealkylation sites (tertiary alicyclic amines) is 1. The van der Waals surface area contributed by atoms with Gasteiger partial charge in [0.1, 0.15) is 5.75 Å². The molecule has 2 amide bonds. The minimum Gasteiger partial charge on any atom is -0.424 e. The Hall–Kier alpha value is -3.26. The molecule has 0 radical (unpaired) electrons. The summed E-state index contributed by atoms with van der Waals surface area (Å²) in [6, 6.07) is 11.8. The van der Waals surface area contributed by atoms with Crippen LogP contribution in [0, 0.1) is 12.8 Å². The zero-order valence-corrected chi connectivity index (χ0v) is 19.5. The van der Waals surface area contributed by atoms with Crippen molar-refractivity contribution in [2.45, 2.75) is 20.3 Å². The van der Waals surface area contributed by atoms with E-state index in [0.717, 1.165) is 22.2 Å². The largest absolute Gasteiger partial charge is 0.424 e. The number of benzene rings is 1. The van der Waals surface area contributed by atoms with Gasteiger partial charge in [-0.1, -0.05) is 30.7 Å². The molecule has 7 nitrogen and oxygen atoms in total. The Morgan fingerprint density at radius 2 is 2.00 bits per heavy atom. The fourth-order valence-corrected chi connectivity index (χ4v) is 3.74. The van der Waals surface area contributed by atoms with Crippen molar-refractivity contribution in [1.82, 2.24) is 19.9 Å². The SMILES string of the molecule is Cc1ccc(NC(=O)N2CCC(=Cc3cccc(Oc4ncc(Br)cn4)c3)C(C)C2)cn1. The van der Waals surface area contributed by atoms with Crippen molar-refractivity contribution in [3.8, 4) is 11.8 Å². The van der Waals surface area contributed by atoms with E-state index < -0.39 is 0 Å². The first-order valence-electron chi connectivity index (χ1n) is 10.4. The van der Waals surface area contributed by atoms with E-state index in [4.69, 9.17) is 4.74 Å². The van der Waals surface area contributed by atoms with Crippen LogP contribution in [0.4, 0.5) is 10.5 Å². The number of aryl methyl sites for hydroxylation is 1. The second-order valence-electron chi connectivity index (χ2n) is 7.79. The molecule has 32 heavy (non-hydrogen) atoms. The van der Waals surface area contributed by atoms with E-state index in [9.17, 15) is 4.79 Å². The summed E-state index contributed by atoms with van der Waals surface area (Å²) in [5.74, 6) is 0.933. The normalized spacial score (nSPS) is 17.3. The third-order valence-corrected chi connectivity index (χ3v) is 5.67. The first-order valence-corrected chi connectivity index (χ1v) is 11.2. The lowest BCUT2D eigenvalue weighted by Gasteiger charge is -2.33. The van der Waals surface area contributed by atoms with Crippen LogP contribution in [0.25, 0.3) is 6.08 Å². The molecule has 1 atom stereocenters. The molecule has 0 saturated carbocycles. The molecule has 1 fully saturated rings. The topological polar surface area (TPSA) is 80.2 Å². The Balaban J connectivity index is 1.38. The lowest BCUT2D eigenvalue weighted by molar-refractivity contribution is 0.198. The molecule has 164 valence electrons. The van der Waals surface area contributed by atoms with Crippen LogP contribution in [0.5, 0.6) is 11.8 Å². The van der Waals surface area contributed by atoms with Gasteiger partial charge in [0.25, 0.3) is 0 Å². The monoisotopic (exact) mass is 493 g/mol. The third kappa shape index (κ3) is 5.70. The highest BCUT2D eigenvalue weighted by atomic mass is 79.9. The molecule has 3 aromatic rings. The lowest BCUT2D eigenvalue weighted by Crippen LogP contribution is -2.42. The molecule has 0 spiro atoms. The standard InChI is InChI=1S/C24H24BrN5O2/c1-16-15-30(24(31)29-21-7-6-17(2)26-14-21)9-8-19(16)10-18-4-3-5-22(11-18)32-23-27-12-20(25)13-28-23/h3-7,10-14,16H,8-9,15H2,1-2H3,(H,29,31). The minimum atomic E-state index is -0.0913. The smallest absolute Gasteiger partial charge is 0.321 e. The van der Waals surface area contributed by atoms with Crippen molar-refractivity contribution in [2.75, 3.05) is 18.4 Å². The first kappa shape index (κ1) is 22.0. The van der Waals surface area contributed by atoms with E-state index in [0.29, 0.717) is 30.5 Å². The number of ether oxygens (including phenoxy) is 1. The highest BCUT2D eigenvalue weighted by Crippen LogP contribution is 2.27. The van der Waals surface area contributed by atoms with Crippen LogP contribution >= 0.6 is 15.9 Å². The molecule has 2 aromatic heterocycles. The van der Waals surface area contributed by atoms with Gasteiger partial charge in [0, 0.05) is 31.2 Å². The van der Waals surface area contributed by atoms with Crippen molar-refractivity contribution >= 4 is 33.7 Å². The summed E-state index contributed by atoms with van der Waals surface area (Å²) in [4.78, 5) is 27.0. The van der Waals surface area contributed by atoms with Crippen LogP contribution in [-0.2, 0) is 0 Å². The number of carbonyl (C=O) groups is 1. The lowest BCUT2D eigenvalue weighted by atomic mass is 9.91. The van der Waals surface area contributed by atoms with E-state index in [2.05, 4.69) is 49.2 Å². The summed E-state index contributed by atoms with van der Waals surface area (Å²) < 4.78 is 6.56. The summed E-state index contributed by atoms with van der Waals surface area (Å²) in [6.45, 7) is 5.40. The Labute approximate surface area is 195 Å². The van der Waals surface area contributed by atoms with E-state index in [-0.39, 0.29) is 11.9 Å². The fourth-order valence-electron chi connectivity index (χ4n) is 3.53. The Kier molecular flexibility index (Phi) is 6.80. The number of nitrogens with one attached hydrogen (secondary N) is 1. The number of nitrogens with zero attached hydrogens (tertiary/aromatic N) is 4. The highest BCUT2D eigenvalue weighted by Gasteiger charge is 2.24. The van der Waals surface area contributed by atoms with Gasteiger partial charge >= 0.3 is 12.0 Å². The van der Waals surface area contributed by atoms with Crippen molar-refractivity contribution in [1.29, 1.82) is 0 Å². The average Bonchev–Trinajstić information content (AvgIpc) is 2.78. The number of carbonyl (C=O) groups excluding carboxylic acids is 1. The van der Waals surface area contributed by atoms with E-state index in [1.165, 1.54) is 5.57 Å². The summed E-state index contributed by atoms with van der Waals surface area (Å²) in [6.07, 6.45) is 7.98. The molecular weight excluding hydrogens is 470 g/mol. The van der Waals surface area contributed by atoms with Crippen LogP contribution in [-0.4, -0.2) is 39.0 Å². The number of amides is 2. The van der Waals surface area contributed by atoms with Crippen LogP contribution in [0.3, 0.4) is 0 Å². The van der Waals surface area contributed by atoms with Gasteiger partial charge < -0.3 is 15.0 Å². The second-order valence-corrected chi connectivity index (χ2v) is 8.71. The Morgan fingerprint density at radius 1 is 1.19 bits per heavy atom. The van der Waals surface area contributed by atoms with Gasteiger partial charge in [-0.25, -0.2) is 14.8 Å². The van der Waals surface area contributed by atoms with Gasteiger partial charge in [-0.3, -0.25) is 4.98 Å². The number of hydrogen-bond acceptors (Lipinski definition) is 5. The maximum atomic E-state index is 12.6. The number of aromatic nitrogens is 3. The van der Waals surface area contributed by atoms with Gasteiger partial charge in [-0.05, 0) is 65.0 Å². The molecule has 1 aromatic carbocycles. The number of hydrogen-bond donors (Lipinski definition) is 1. The van der Waals surface area contributed by atoms with Gasteiger partial charge in [0.05, 0.1) is 16.4 Å². The van der Waals surface area contributed by atoms with Gasteiger partial charge in [0.2, 0.25) is 0 Å². The predicted molar refractivity (Wildman–Crippen MR) is 128 cm³/mol. The van der Waals surface area contributed by atoms with E-state index in [1.807, 2.05) is 48.2 Å². The van der Waals surface area contributed by atoms with Gasteiger partial charge in [-0.15, -0.1) is 0 Å².